The van der Waals surface area contributed by atoms with E-state index < -0.39 is 5.91 Å². The van der Waals surface area contributed by atoms with Gasteiger partial charge in [-0.2, -0.15) is 0 Å². The van der Waals surface area contributed by atoms with Crippen molar-refractivity contribution in [1.82, 2.24) is 14.5 Å². The lowest BCUT2D eigenvalue weighted by Crippen LogP contribution is -2.13. The molecule has 0 bridgehead atoms. The van der Waals surface area contributed by atoms with Crippen molar-refractivity contribution in [2.75, 3.05) is 6.54 Å². The van der Waals surface area contributed by atoms with Crippen LogP contribution in [0.2, 0.25) is 0 Å². The van der Waals surface area contributed by atoms with Gasteiger partial charge >= 0.3 is 0 Å². The molecule has 2 aromatic heterocycles. The number of hydrogen-bond acceptors (Lipinski definition) is 4. The standard InChI is InChI=1S/C10H9N5O/c11-10(16)7-3-6-8(4-13-7)15-2-1-12-5-9(15)14-6/h3-5H,1-2H2,(H2,11,16). The van der Waals surface area contributed by atoms with Crippen LogP contribution in [0, 0.1) is 0 Å². The molecule has 0 atom stereocenters. The number of hydrogen-bond donors (Lipinski definition) is 1. The third kappa shape index (κ3) is 1.19. The first-order chi connectivity index (χ1) is 7.75. The van der Waals surface area contributed by atoms with Crippen LogP contribution >= 0.6 is 0 Å². The minimum absolute atomic E-state index is 0.236. The van der Waals surface area contributed by atoms with Gasteiger partial charge in [-0.25, -0.2) is 9.97 Å². The van der Waals surface area contributed by atoms with Gasteiger partial charge in [-0.15, -0.1) is 0 Å². The number of nitrogens with two attached hydrogens (primary N) is 1. The summed E-state index contributed by atoms with van der Waals surface area (Å²) in [5.41, 5.74) is 7.04. The van der Waals surface area contributed by atoms with Crippen LogP contribution in [0.25, 0.3) is 11.0 Å². The number of carbonyl (C=O) groups excluding carboxylic acids is 1. The maximum atomic E-state index is 11.0. The van der Waals surface area contributed by atoms with Crippen LogP contribution in [-0.4, -0.2) is 33.2 Å². The van der Waals surface area contributed by atoms with E-state index in [2.05, 4.69) is 15.0 Å². The molecule has 0 saturated heterocycles. The highest BCUT2D eigenvalue weighted by Crippen LogP contribution is 2.16. The van der Waals surface area contributed by atoms with Crippen molar-refractivity contribution in [3.63, 3.8) is 0 Å². The highest BCUT2D eigenvalue weighted by molar-refractivity contribution is 5.94. The molecule has 0 radical (unpaired) electrons. The Morgan fingerprint density at radius 1 is 1.50 bits per heavy atom. The highest BCUT2D eigenvalue weighted by atomic mass is 16.1. The summed E-state index contributed by atoms with van der Waals surface area (Å²) in [5, 5.41) is 0. The van der Waals surface area contributed by atoms with Gasteiger partial charge in [0.05, 0.1) is 30.0 Å². The Balaban J connectivity index is 2.27. The zero-order valence-electron chi connectivity index (χ0n) is 8.42. The van der Waals surface area contributed by atoms with Crippen molar-refractivity contribution in [2.45, 2.75) is 6.54 Å². The number of aromatic nitrogens is 3. The van der Waals surface area contributed by atoms with Crippen LogP contribution in [-0.2, 0) is 6.54 Å². The first-order valence-corrected chi connectivity index (χ1v) is 4.91. The SMILES string of the molecule is NC(=O)c1cc2nc3n(c2cn1)CCN=C3. The van der Waals surface area contributed by atoms with Gasteiger partial charge in [-0.3, -0.25) is 9.79 Å². The molecule has 6 nitrogen and oxygen atoms in total. The molecule has 6 heteroatoms. The number of fused-ring (bicyclic) bond motifs is 3. The van der Waals surface area contributed by atoms with Gasteiger partial charge in [-0.05, 0) is 6.07 Å². The second-order valence-electron chi connectivity index (χ2n) is 3.58. The summed E-state index contributed by atoms with van der Waals surface area (Å²) in [7, 11) is 0. The van der Waals surface area contributed by atoms with E-state index in [1.54, 1.807) is 18.5 Å². The molecule has 0 spiro atoms. The molecule has 0 aromatic carbocycles. The molecule has 1 aliphatic heterocycles. The zero-order valence-corrected chi connectivity index (χ0v) is 8.42. The first kappa shape index (κ1) is 9.02. The van der Waals surface area contributed by atoms with Gasteiger partial charge in [0, 0.05) is 6.54 Å². The molecule has 3 heterocycles. The van der Waals surface area contributed by atoms with E-state index >= 15 is 0 Å². The van der Waals surface area contributed by atoms with Gasteiger partial charge in [0.1, 0.15) is 5.69 Å². The summed E-state index contributed by atoms with van der Waals surface area (Å²) in [5.74, 6) is 0.256. The molecule has 0 aliphatic carbocycles. The van der Waals surface area contributed by atoms with E-state index in [9.17, 15) is 4.79 Å². The van der Waals surface area contributed by atoms with Crippen molar-refractivity contribution >= 4 is 23.2 Å². The molecule has 2 N–H and O–H groups in total. The van der Waals surface area contributed by atoms with Gasteiger partial charge in [0.15, 0.2) is 5.82 Å². The zero-order chi connectivity index (χ0) is 11.1. The van der Waals surface area contributed by atoms with Crippen molar-refractivity contribution < 1.29 is 4.79 Å². The largest absolute Gasteiger partial charge is 0.364 e. The summed E-state index contributed by atoms with van der Waals surface area (Å²) in [6.45, 7) is 1.54. The number of primary amides is 1. The third-order valence-electron chi connectivity index (χ3n) is 2.58. The molecule has 0 saturated carbocycles. The highest BCUT2D eigenvalue weighted by Gasteiger charge is 2.13. The summed E-state index contributed by atoms with van der Waals surface area (Å²) >= 11 is 0. The summed E-state index contributed by atoms with van der Waals surface area (Å²) < 4.78 is 2.03. The fourth-order valence-corrected chi connectivity index (χ4v) is 1.81. The Morgan fingerprint density at radius 3 is 3.19 bits per heavy atom. The van der Waals surface area contributed by atoms with Gasteiger partial charge in [0.2, 0.25) is 0 Å². The predicted molar refractivity (Wildman–Crippen MR) is 58.5 cm³/mol. The Bertz CT molecular complexity index is 613. The first-order valence-electron chi connectivity index (χ1n) is 4.91. The molecular formula is C10H9N5O. The molecule has 0 unspecified atom stereocenters. The van der Waals surface area contributed by atoms with Crippen molar-refractivity contribution in [2.24, 2.45) is 10.7 Å². The van der Waals surface area contributed by atoms with Crippen LogP contribution in [0.1, 0.15) is 16.3 Å². The number of rotatable bonds is 1. The molecule has 3 rings (SSSR count). The topological polar surface area (TPSA) is 86.2 Å². The Morgan fingerprint density at radius 2 is 2.38 bits per heavy atom. The fourth-order valence-electron chi connectivity index (χ4n) is 1.81. The molecule has 80 valence electrons. The number of aliphatic imine (C=N–C) groups is 1. The number of pyridine rings is 1. The summed E-state index contributed by atoms with van der Waals surface area (Å²) in [6, 6.07) is 1.61. The van der Waals surface area contributed by atoms with Crippen molar-refractivity contribution in [3.8, 4) is 0 Å². The number of carbonyl (C=O) groups is 1. The van der Waals surface area contributed by atoms with Crippen LogP contribution in [0.4, 0.5) is 0 Å². The molecular weight excluding hydrogens is 206 g/mol. The third-order valence-corrected chi connectivity index (χ3v) is 2.58. The van der Waals surface area contributed by atoms with E-state index in [1.807, 2.05) is 4.57 Å². The average molecular weight is 215 g/mol. The lowest BCUT2D eigenvalue weighted by Gasteiger charge is -2.07. The predicted octanol–water partition coefficient (Wildman–Crippen LogP) is -0.0373. The molecule has 2 aromatic rings. The molecule has 16 heavy (non-hydrogen) atoms. The summed E-state index contributed by atoms with van der Waals surface area (Å²) in [4.78, 5) is 23.5. The van der Waals surface area contributed by atoms with Crippen LogP contribution < -0.4 is 5.73 Å². The van der Waals surface area contributed by atoms with E-state index in [0.29, 0.717) is 0 Å². The quantitative estimate of drug-likeness (QED) is 0.724. The smallest absolute Gasteiger partial charge is 0.267 e. The Labute approximate surface area is 90.8 Å². The molecule has 1 amide bonds. The number of amides is 1. The monoisotopic (exact) mass is 215 g/mol. The molecule has 1 aliphatic rings. The normalized spacial score (nSPS) is 14.0. The Hall–Kier alpha value is -2.24. The van der Waals surface area contributed by atoms with E-state index in [0.717, 1.165) is 29.9 Å². The fraction of sp³-hybridized carbons (Fsp3) is 0.200. The van der Waals surface area contributed by atoms with Gasteiger partial charge in [-0.1, -0.05) is 0 Å². The van der Waals surface area contributed by atoms with E-state index in [1.165, 1.54) is 0 Å². The van der Waals surface area contributed by atoms with Crippen molar-refractivity contribution in [3.05, 3.63) is 23.8 Å². The minimum Gasteiger partial charge on any atom is -0.364 e. The van der Waals surface area contributed by atoms with Crippen LogP contribution in [0.3, 0.4) is 0 Å². The van der Waals surface area contributed by atoms with Gasteiger partial charge < -0.3 is 10.3 Å². The van der Waals surface area contributed by atoms with Crippen LogP contribution in [0.15, 0.2) is 17.3 Å². The number of imidazole rings is 1. The van der Waals surface area contributed by atoms with Crippen molar-refractivity contribution in [1.29, 1.82) is 0 Å². The molecule has 0 fully saturated rings. The maximum Gasteiger partial charge on any atom is 0.267 e. The van der Waals surface area contributed by atoms with E-state index in [-0.39, 0.29) is 5.69 Å². The Kier molecular flexibility index (Phi) is 1.76. The van der Waals surface area contributed by atoms with E-state index in [4.69, 9.17) is 5.73 Å². The number of nitrogens with zero attached hydrogens (tertiary/aromatic N) is 4. The maximum absolute atomic E-state index is 11.0. The lowest BCUT2D eigenvalue weighted by atomic mass is 10.3. The minimum atomic E-state index is -0.540. The summed E-state index contributed by atoms with van der Waals surface area (Å²) in [6.07, 6.45) is 3.36. The van der Waals surface area contributed by atoms with Crippen LogP contribution in [0.5, 0.6) is 0 Å². The second-order valence-corrected chi connectivity index (χ2v) is 3.58. The van der Waals surface area contributed by atoms with Gasteiger partial charge in [0.25, 0.3) is 5.91 Å². The average Bonchev–Trinajstić information content (AvgIpc) is 2.66. The lowest BCUT2D eigenvalue weighted by molar-refractivity contribution is 0.0996. The second kappa shape index (κ2) is 3.13.